The molecule has 0 aliphatic rings. The van der Waals surface area contributed by atoms with Crippen LogP contribution >= 0.6 is 11.6 Å². The molecule has 1 amide bonds. The fourth-order valence-electron chi connectivity index (χ4n) is 3.18. The summed E-state index contributed by atoms with van der Waals surface area (Å²) in [7, 11) is 0. The first-order valence-corrected chi connectivity index (χ1v) is 9.83. The van der Waals surface area contributed by atoms with Gasteiger partial charge in [-0.3, -0.25) is 4.79 Å². The number of carbonyl (C=O) groups is 1. The molecule has 0 saturated carbocycles. The van der Waals surface area contributed by atoms with Crippen LogP contribution in [-0.4, -0.2) is 20.9 Å². The third-order valence-corrected chi connectivity index (χ3v) is 5.09. The van der Waals surface area contributed by atoms with Gasteiger partial charge in [-0.25, -0.2) is 4.68 Å². The summed E-state index contributed by atoms with van der Waals surface area (Å²) in [6.45, 7) is 5.92. The van der Waals surface area contributed by atoms with Crippen LogP contribution in [0, 0.1) is 0 Å². The van der Waals surface area contributed by atoms with Crippen LogP contribution < -0.4 is 5.32 Å². The van der Waals surface area contributed by atoms with Crippen molar-refractivity contribution in [1.82, 2.24) is 20.3 Å². The standard InChI is InChI=1S/C22H20ClF3N4O/c1-3-8-18-20(28-29-30(18)13-15-9-5-4-6-10-15)14(2)27-21(31)16-11-7-12-17(19(16)23)22(24,25)26/h3-7,9-12,14H,1,8,13H2,2H3,(H,27,31). The molecule has 0 fully saturated rings. The highest BCUT2D eigenvalue weighted by atomic mass is 35.5. The Labute approximate surface area is 182 Å². The average molecular weight is 449 g/mol. The van der Waals surface area contributed by atoms with Crippen molar-refractivity contribution in [1.29, 1.82) is 0 Å². The Morgan fingerprint density at radius 2 is 1.94 bits per heavy atom. The number of hydrogen-bond donors (Lipinski definition) is 1. The predicted octanol–water partition coefficient (Wildman–Crippen LogP) is 5.22. The van der Waals surface area contributed by atoms with E-state index < -0.39 is 28.7 Å². The first kappa shape index (κ1) is 22.6. The minimum absolute atomic E-state index is 0.259. The molecule has 0 aliphatic carbocycles. The molecule has 0 saturated heterocycles. The Morgan fingerprint density at radius 1 is 1.23 bits per heavy atom. The number of halogens is 4. The maximum Gasteiger partial charge on any atom is 0.417 e. The van der Waals surface area contributed by atoms with Gasteiger partial charge in [0.2, 0.25) is 0 Å². The summed E-state index contributed by atoms with van der Waals surface area (Å²) < 4.78 is 41.0. The van der Waals surface area contributed by atoms with E-state index in [2.05, 4.69) is 22.2 Å². The number of alkyl halides is 3. The predicted molar refractivity (Wildman–Crippen MR) is 112 cm³/mol. The number of amides is 1. The lowest BCUT2D eigenvalue weighted by atomic mass is 10.1. The van der Waals surface area contributed by atoms with Crippen molar-refractivity contribution >= 4 is 17.5 Å². The van der Waals surface area contributed by atoms with Gasteiger partial charge in [0.15, 0.2) is 0 Å². The van der Waals surface area contributed by atoms with Crippen molar-refractivity contribution in [2.45, 2.75) is 32.1 Å². The van der Waals surface area contributed by atoms with Crippen LogP contribution in [0.1, 0.15) is 45.8 Å². The zero-order chi connectivity index (χ0) is 22.6. The molecule has 1 heterocycles. The second kappa shape index (κ2) is 9.34. The normalized spacial score (nSPS) is 12.4. The fourth-order valence-corrected chi connectivity index (χ4v) is 3.50. The molecule has 5 nitrogen and oxygen atoms in total. The monoisotopic (exact) mass is 448 g/mol. The van der Waals surface area contributed by atoms with Crippen molar-refractivity contribution in [3.05, 3.63) is 94.3 Å². The van der Waals surface area contributed by atoms with Crippen LogP contribution in [0.15, 0.2) is 61.2 Å². The highest BCUT2D eigenvalue weighted by Gasteiger charge is 2.35. The Hall–Kier alpha value is -3.13. The first-order valence-electron chi connectivity index (χ1n) is 9.46. The molecule has 2 aromatic carbocycles. The Kier molecular flexibility index (Phi) is 6.80. The number of rotatable bonds is 7. The Balaban J connectivity index is 1.84. The lowest BCUT2D eigenvalue weighted by molar-refractivity contribution is -0.137. The van der Waals surface area contributed by atoms with Crippen LogP contribution in [-0.2, 0) is 19.1 Å². The molecule has 0 radical (unpaired) electrons. The molecule has 31 heavy (non-hydrogen) atoms. The van der Waals surface area contributed by atoms with Crippen LogP contribution in [0.5, 0.6) is 0 Å². The molecule has 1 aromatic heterocycles. The molecule has 9 heteroatoms. The van der Waals surface area contributed by atoms with Crippen LogP contribution in [0.3, 0.4) is 0 Å². The molecule has 1 atom stereocenters. The summed E-state index contributed by atoms with van der Waals surface area (Å²) in [5, 5.41) is 10.4. The zero-order valence-corrected chi connectivity index (χ0v) is 17.4. The number of aromatic nitrogens is 3. The van der Waals surface area contributed by atoms with Crippen molar-refractivity contribution in [3.8, 4) is 0 Å². The highest BCUT2D eigenvalue weighted by Crippen LogP contribution is 2.36. The lowest BCUT2D eigenvalue weighted by Crippen LogP contribution is -2.28. The van der Waals surface area contributed by atoms with Crippen LogP contribution in [0.4, 0.5) is 13.2 Å². The number of benzene rings is 2. The summed E-state index contributed by atoms with van der Waals surface area (Å²) in [6.07, 6.45) is -2.50. The van der Waals surface area contributed by atoms with E-state index in [0.717, 1.165) is 23.4 Å². The van der Waals surface area contributed by atoms with Gasteiger partial charge in [-0.2, -0.15) is 13.2 Å². The van der Waals surface area contributed by atoms with E-state index >= 15 is 0 Å². The summed E-state index contributed by atoms with van der Waals surface area (Å²) in [6, 6.07) is 12.3. The van der Waals surface area contributed by atoms with Gasteiger partial charge >= 0.3 is 6.18 Å². The van der Waals surface area contributed by atoms with Gasteiger partial charge in [0.25, 0.3) is 5.91 Å². The zero-order valence-electron chi connectivity index (χ0n) is 16.7. The van der Waals surface area contributed by atoms with E-state index in [9.17, 15) is 18.0 Å². The summed E-state index contributed by atoms with van der Waals surface area (Å²) in [4.78, 5) is 12.7. The second-order valence-corrected chi connectivity index (χ2v) is 7.30. The number of carbonyl (C=O) groups excluding carboxylic acids is 1. The van der Waals surface area contributed by atoms with E-state index in [1.807, 2.05) is 30.3 Å². The maximum absolute atomic E-state index is 13.1. The Bertz CT molecular complexity index is 1080. The molecule has 1 unspecified atom stereocenters. The molecule has 3 aromatic rings. The van der Waals surface area contributed by atoms with Crippen molar-refractivity contribution in [2.24, 2.45) is 0 Å². The van der Waals surface area contributed by atoms with E-state index in [-0.39, 0.29) is 5.56 Å². The van der Waals surface area contributed by atoms with Crippen LogP contribution in [0.2, 0.25) is 5.02 Å². The smallest absolute Gasteiger partial charge is 0.344 e. The number of nitrogens with one attached hydrogen (secondary N) is 1. The molecular formula is C22H20ClF3N4O. The average Bonchev–Trinajstić information content (AvgIpc) is 3.10. The largest absolute Gasteiger partial charge is 0.417 e. The van der Waals surface area contributed by atoms with E-state index in [1.54, 1.807) is 17.7 Å². The van der Waals surface area contributed by atoms with Gasteiger partial charge in [0.05, 0.1) is 34.4 Å². The van der Waals surface area contributed by atoms with Gasteiger partial charge in [-0.05, 0) is 24.6 Å². The van der Waals surface area contributed by atoms with Gasteiger partial charge < -0.3 is 5.32 Å². The Morgan fingerprint density at radius 3 is 2.58 bits per heavy atom. The van der Waals surface area contributed by atoms with Gasteiger partial charge in [-0.15, -0.1) is 11.7 Å². The SMILES string of the molecule is C=CCc1c(C(C)NC(=O)c2cccc(C(F)(F)F)c2Cl)nnn1Cc1ccccc1. The third kappa shape index (κ3) is 5.14. The van der Waals surface area contributed by atoms with E-state index in [4.69, 9.17) is 11.6 Å². The topological polar surface area (TPSA) is 59.8 Å². The van der Waals surface area contributed by atoms with Crippen LogP contribution in [0.25, 0.3) is 0 Å². The summed E-state index contributed by atoms with van der Waals surface area (Å²) >= 11 is 5.87. The van der Waals surface area contributed by atoms with Gasteiger partial charge in [0.1, 0.15) is 5.69 Å². The minimum atomic E-state index is -4.66. The molecule has 0 aliphatic heterocycles. The van der Waals surface area contributed by atoms with Crippen molar-refractivity contribution in [3.63, 3.8) is 0 Å². The lowest BCUT2D eigenvalue weighted by Gasteiger charge is -2.16. The summed E-state index contributed by atoms with van der Waals surface area (Å²) in [5.74, 6) is -0.731. The molecule has 0 spiro atoms. The minimum Gasteiger partial charge on any atom is -0.344 e. The first-order chi connectivity index (χ1) is 14.7. The van der Waals surface area contributed by atoms with Crippen molar-refractivity contribution in [2.75, 3.05) is 0 Å². The molecule has 0 bridgehead atoms. The molecule has 162 valence electrons. The van der Waals surface area contributed by atoms with E-state index in [0.29, 0.717) is 18.7 Å². The van der Waals surface area contributed by atoms with Crippen molar-refractivity contribution < 1.29 is 18.0 Å². The quantitative estimate of drug-likeness (QED) is 0.504. The fraction of sp³-hybridized carbons (Fsp3) is 0.227. The maximum atomic E-state index is 13.1. The molecule has 3 rings (SSSR count). The highest BCUT2D eigenvalue weighted by molar-refractivity contribution is 6.34. The molecular weight excluding hydrogens is 429 g/mol. The van der Waals surface area contributed by atoms with Gasteiger partial charge in [0, 0.05) is 6.42 Å². The number of hydrogen-bond acceptors (Lipinski definition) is 3. The number of allylic oxidation sites excluding steroid dienone is 1. The second-order valence-electron chi connectivity index (χ2n) is 6.92. The number of nitrogens with zero attached hydrogens (tertiary/aromatic N) is 3. The van der Waals surface area contributed by atoms with E-state index in [1.165, 1.54) is 6.07 Å². The third-order valence-electron chi connectivity index (χ3n) is 4.69. The van der Waals surface area contributed by atoms with Gasteiger partial charge in [-0.1, -0.05) is 59.3 Å². The molecule has 1 N–H and O–H groups in total. The summed E-state index contributed by atoms with van der Waals surface area (Å²) in [5.41, 5.74) is 0.965.